The Kier molecular flexibility index (Phi) is 3.62. The van der Waals surface area contributed by atoms with Gasteiger partial charge in [-0.2, -0.15) is 0 Å². The van der Waals surface area contributed by atoms with Crippen LogP contribution in [-0.2, 0) is 0 Å². The molecule has 0 aliphatic rings. The molecule has 18 heavy (non-hydrogen) atoms. The third-order valence-corrected chi connectivity index (χ3v) is 2.79. The summed E-state index contributed by atoms with van der Waals surface area (Å²) in [6.07, 6.45) is 1.30. The van der Waals surface area contributed by atoms with Crippen molar-refractivity contribution in [2.75, 3.05) is 0 Å². The summed E-state index contributed by atoms with van der Waals surface area (Å²) in [5, 5.41) is 9.64. The molecule has 0 amide bonds. The lowest BCUT2D eigenvalue weighted by atomic mass is 10.2. The summed E-state index contributed by atoms with van der Waals surface area (Å²) in [7, 11) is 0. The standard InChI is InChI=1S/C13H10BrNO3/c1-8-6-12(16)11(13(17)18-8)7-15-10-4-2-9(14)3-5-10/h2-7,16H,1H3. The predicted molar refractivity (Wildman–Crippen MR) is 72.8 cm³/mol. The van der Waals surface area contributed by atoms with Gasteiger partial charge in [0.1, 0.15) is 17.1 Å². The number of hydrogen-bond donors (Lipinski definition) is 1. The molecule has 0 aliphatic carbocycles. The largest absolute Gasteiger partial charge is 0.507 e. The van der Waals surface area contributed by atoms with Crippen LogP contribution >= 0.6 is 15.9 Å². The fraction of sp³-hybridized carbons (Fsp3) is 0.0769. The molecule has 0 atom stereocenters. The molecule has 2 aromatic rings. The molecule has 1 N–H and O–H groups in total. The van der Waals surface area contributed by atoms with Gasteiger partial charge in [0.25, 0.3) is 0 Å². The molecule has 1 aromatic heterocycles. The molecule has 92 valence electrons. The zero-order valence-electron chi connectivity index (χ0n) is 9.55. The van der Waals surface area contributed by atoms with Crippen LogP contribution in [0.15, 0.2) is 49.0 Å². The van der Waals surface area contributed by atoms with Crippen molar-refractivity contribution < 1.29 is 9.52 Å². The first-order valence-corrected chi connectivity index (χ1v) is 5.99. The van der Waals surface area contributed by atoms with E-state index >= 15 is 0 Å². The van der Waals surface area contributed by atoms with Crippen molar-refractivity contribution in [2.24, 2.45) is 4.99 Å². The van der Waals surface area contributed by atoms with E-state index in [1.807, 2.05) is 12.1 Å². The van der Waals surface area contributed by atoms with Crippen LogP contribution < -0.4 is 5.63 Å². The van der Waals surface area contributed by atoms with Crippen LogP contribution in [-0.4, -0.2) is 11.3 Å². The van der Waals surface area contributed by atoms with E-state index in [1.54, 1.807) is 19.1 Å². The molecule has 0 radical (unpaired) electrons. The number of hydrogen-bond acceptors (Lipinski definition) is 4. The maximum Gasteiger partial charge on any atom is 0.348 e. The summed E-state index contributed by atoms with van der Waals surface area (Å²) in [4.78, 5) is 15.6. The Morgan fingerprint density at radius 1 is 1.33 bits per heavy atom. The van der Waals surface area contributed by atoms with Gasteiger partial charge in [-0.25, -0.2) is 4.79 Å². The van der Waals surface area contributed by atoms with Gasteiger partial charge < -0.3 is 9.52 Å². The van der Waals surface area contributed by atoms with Crippen LogP contribution in [0.2, 0.25) is 0 Å². The van der Waals surface area contributed by atoms with Gasteiger partial charge in [0.2, 0.25) is 0 Å². The van der Waals surface area contributed by atoms with Crippen LogP contribution in [0.1, 0.15) is 11.3 Å². The van der Waals surface area contributed by atoms with Crippen molar-refractivity contribution in [2.45, 2.75) is 6.92 Å². The highest BCUT2D eigenvalue weighted by Crippen LogP contribution is 2.18. The zero-order valence-corrected chi connectivity index (χ0v) is 11.1. The number of benzene rings is 1. The maximum absolute atomic E-state index is 11.5. The second kappa shape index (κ2) is 5.18. The summed E-state index contributed by atoms with van der Waals surface area (Å²) in [6.45, 7) is 1.59. The highest BCUT2D eigenvalue weighted by Gasteiger charge is 2.06. The van der Waals surface area contributed by atoms with E-state index in [-0.39, 0.29) is 11.3 Å². The fourth-order valence-corrected chi connectivity index (χ4v) is 1.65. The van der Waals surface area contributed by atoms with Gasteiger partial charge in [0.05, 0.1) is 5.69 Å². The summed E-state index contributed by atoms with van der Waals surface area (Å²) in [6, 6.07) is 8.62. The van der Waals surface area contributed by atoms with Crippen molar-refractivity contribution in [1.29, 1.82) is 0 Å². The monoisotopic (exact) mass is 307 g/mol. The van der Waals surface area contributed by atoms with E-state index in [1.165, 1.54) is 12.3 Å². The molecule has 2 rings (SSSR count). The third kappa shape index (κ3) is 2.87. The quantitative estimate of drug-likeness (QED) is 0.867. The van der Waals surface area contributed by atoms with Gasteiger partial charge in [-0.1, -0.05) is 15.9 Å². The highest BCUT2D eigenvalue weighted by atomic mass is 79.9. The van der Waals surface area contributed by atoms with Crippen LogP contribution in [0, 0.1) is 6.92 Å². The fourth-order valence-electron chi connectivity index (χ4n) is 1.39. The van der Waals surface area contributed by atoms with E-state index in [0.717, 1.165) is 4.47 Å². The molecule has 0 spiro atoms. The number of aryl methyl sites for hydroxylation is 1. The number of rotatable bonds is 2. The molecular formula is C13H10BrNO3. The van der Waals surface area contributed by atoms with Crippen LogP contribution in [0.5, 0.6) is 5.75 Å². The van der Waals surface area contributed by atoms with Crippen molar-refractivity contribution >= 4 is 27.8 Å². The first kappa shape index (κ1) is 12.6. The molecular weight excluding hydrogens is 298 g/mol. The second-order valence-electron chi connectivity index (χ2n) is 3.68. The molecule has 0 unspecified atom stereocenters. The molecule has 0 saturated carbocycles. The normalized spacial score (nSPS) is 11.0. The molecule has 4 nitrogen and oxygen atoms in total. The van der Waals surface area contributed by atoms with Crippen molar-refractivity contribution in [1.82, 2.24) is 0 Å². The van der Waals surface area contributed by atoms with Crippen LogP contribution in [0.4, 0.5) is 5.69 Å². The van der Waals surface area contributed by atoms with Gasteiger partial charge in [-0.3, -0.25) is 4.99 Å². The second-order valence-corrected chi connectivity index (χ2v) is 4.59. The van der Waals surface area contributed by atoms with E-state index < -0.39 is 5.63 Å². The Hall–Kier alpha value is -1.88. The van der Waals surface area contributed by atoms with E-state index in [2.05, 4.69) is 20.9 Å². The van der Waals surface area contributed by atoms with E-state index in [4.69, 9.17) is 4.42 Å². The molecule has 0 bridgehead atoms. The Balaban J connectivity index is 2.35. The first-order valence-electron chi connectivity index (χ1n) is 5.19. The van der Waals surface area contributed by atoms with Crippen LogP contribution in [0.25, 0.3) is 0 Å². The minimum atomic E-state index is -0.603. The Bertz CT molecular complexity index is 644. The van der Waals surface area contributed by atoms with Gasteiger partial charge in [-0.15, -0.1) is 0 Å². The molecule has 5 heteroatoms. The Morgan fingerprint density at radius 3 is 2.61 bits per heavy atom. The first-order chi connectivity index (χ1) is 8.56. The summed E-state index contributed by atoms with van der Waals surface area (Å²) in [5.41, 5.74) is 0.120. The van der Waals surface area contributed by atoms with Gasteiger partial charge in [0, 0.05) is 16.8 Å². The van der Waals surface area contributed by atoms with E-state index in [9.17, 15) is 9.90 Å². The molecule has 0 aliphatic heterocycles. The average molecular weight is 308 g/mol. The topological polar surface area (TPSA) is 62.8 Å². The Morgan fingerprint density at radius 2 is 2.00 bits per heavy atom. The Labute approximate surface area is 112 Å². The van der Waals surface area contributed by atoms with Gasteiger partial charge in [0.15, 0.2) is 0 Å². The predicted octanol–water partition coefficient (Wildman–Crippen LogP) is 3.17. The number of halogens is 1. The number of nitrogens with zero attached hydrogens (tertiary/aromatic N) is 1. The molecule has 0 fully saturated rings. The highest BCUT2D eigenvalue weighted by molar-refractivity contribution is 9.10. The number of aromatic hydroxyl groups is 1. The molecule has 0 saturated heterocycles. The maximum atomic E-state index is 11.5. The van der Waals surface area contributed by atoms with Crippen molar-refractivity contribution in [3.8, 4) is 5.75 Å². The number of aliphatic imine (C=N–C) groups is 1. The smallest absolute Gasteiger partial charge is 0.348 e. The summed E-state index contributed by atoms with van der Waals surface area (Å²) >= 11 is 3.32. The SMILES string of the molecule is Cc1cc(O)c(C=Nc2ccc(Br)cc2)c(=O)o1. The zero-order chi connectivity index (χ0) is 13.1. The lowest BCUT2D eigenvalue weighted by Crippen LogP contribution is -2.07. The average Bonchev–Trinajstić information content (AvgIpc) is 2.30. The van der Waals surface area contributed by atoms with Crippen LogP contribution in [0.3, 0.4) is 0 Å². The van der Waals surface area contributed by atoms with Crippen molar-refractivity contribution in [3.05, 3.63) is 56.5 Å². The van der Waals surface area contributed by atoms with Gasteiger partial charge in [-0.05, 0) is 31.2 Å². The minimum Gasteiger partial charge on any atom is -0.507 e. The van der Waals surface area contributed by atoms with E-state index in [0.29, 0.717) is 11.4 Å². The summed E-state index contributed by atoms with van der Waals surface area (Å²) in [5.74, 6) is 0.225. The van der Waals surface area contributed by atoms with Crippen molar-refractivity contribution in [3.63, 3.8) is 0 Å². The molecule has 1 heterocycles. The molecule has 1 aromatic carbocycles. The lowest BCUT2D eigenvalue weighted by molar-refractivity contribution is 0.433. The lowest BCUT2D eigenvalue weighted by Gasteiger charge is -1.98. The summed E-state index contributed by atoms with van der Waals surface area (Å²) < 4.78 is 5.83. The minimum absolute atomic E-state index is 0.0449. The van der Waals surface area contributed by atoms with Gasteiger partial charge >= 0.3 is 5.63 Å². The third-order valence-electron chi connectivity index (χ3n) is 2.26.